The fourth-order valence-corrected chi connectivity index (χ4v) is 9.14. The lowest BCUT2D eigenvalue weighted by Gasteiger charge is -2.27. The normalized spacial score (nSPS) is 16.5. The van der Waals surface area contributed by atoms with Crippen LogP contribution in [-0.4, -0.2) is 61.1 Å². The number of carbonyl (C=O) groups is 3. The van der Waals surface area contributed by atoms with Crippen LogP contribution in [-0.2, 0) is 30.4 Å². The van der Waals surface area contributed by atoms with Crippen LogP contribution in [0, 0.1) is 0 Å². The van der Waals surface area contributed by atoms with E-state index in [9.17, 15) is 14.4 Å². The molecule has 0 saturated carbocycles. The summed E-state index contributed by atoms with van der Waals surface area (Å²) in [5.41, 5.74) is 3.70. The number of aryl methyl sites for hydroxylation is 4. The van der Waals surface area contributed by atoms with Gasteiger partial charge in [0.15, 0.2) is 0 Å². The van der Waals surface area contributed by atoms with Crippen molar-refractivity contribution in [1.82, 2.24) is 29.8 Å². The quantitative estimate of drug-likeness (QED) is 0.142. The molecular weight excluding hydrogens is 843 g/mol. The number of rotatable bonds is 10. The molecule has 8 rings (SSSR count). The van der Waals surface area contributed by atoms with E-state index in [0.717, 1.165) is 82.1 Å². The lowest BCUT2D eigenvalue weighted by atomic mass is 10.1. The number of hydrogen-bond acceptors (Lipinski definition) is 11. The maximum absolute atomic E-state index is 13.1. The van der Waals surface area contributed by atoms with Crippen molar-refractivity contribution < 1.29 is 28.0 Å². The Morgan fingerprint density at radius 2 is 1.34 bits per heavy atom. The molecule has 2 aliphatic heterocycles. The molecule has 2 unspecified atom stereocenters. The number of likely N-dealkylation sites (tertiary alicyclic amines) is 1. The molecule has 8 heterocycles. The van der Waals surface area contributed by atoms with E-state index in [4.69, 9.17) is 36.8 Å². The minimum Gasteiger partial charge on any atom is -0.472 e. The van der Waals surface area contributed by atoms with Crippen molar-refractivity contribution in [1.29, 1.82) is 0 Å². The fraction of sp³-hybridized carbons (Fsp3) is 0.390. The van der Waals surface area contributed by atoms with E-state index in [1.54, 1.807) is 28.4 Å². The number of furan rings is 2. The molecule has 2 aliphatic rings. The van der Waals surface area contributed by atoms with Gasteiger partial charge in [0.05, 0.1) is 55.8 Å². The third kappa shape index (κ3) is 10.7. The Balaban J connectivity index is 0.000000198. The molecule has 0 spiro atoms. The first-order valence-corrected chi connectivity index (χ1v) is 21.3. The number of ether oxygens (including phenoxy) is 1. The second-order valence-corrected chi connectivity index (χ2v) is 18.6. The number of hydrogen-bond donors (Lipinski definition) is 1. The highest BCUT2D eigenvalue weighted by molar-refractivity contribution is 7.16. The van der Waals surface area contributed by atoms with Crippen molar-refractivity contribution in [3.05, 3.63) is 126 Å². The zero-order valence-electron chi connectivity index (χ0n) is 32.3. The zero-order chi connectivity index (χ0) is 40.1. The van der Waals surface area contributed by atoms with E-state index in [2.05, 4.69) is 21.6 Å². The van der Waals surface area contributed by atoms with E-state index >= 15 is 0 Å². The molecule has 2 atom stereocenters. The maximum Gasteiger partial charge on any atom is 0.410 e. The number of nitrogens with zero attached hydrogens (tertiary/aromatic N) is 5. The third-order valence-electron chi connectivity index (χ3n) is 9.68. The highest BCUT2D eigenvalue weighted by atomic mass is 35.5. The van der Waals surface area contributed by atoms with Crippen LogP contribution in [0.25, 0.3) is 0 Å². The summed E-state index contributed by atoms with van der Waals surface area (Å²) in [6.07, 6.45) is 12.2. The highest BCUT2D eigenvalue weighted by Crippen LogP contribution is 2.34. The molecule has 0 aromatic carbocycles. The van der Waals surface area contributed by atoms with Gasteiger partial charge >= 0.3 is 6.09 Å². The topological polar surface area (TPSA) is 138 Å². The maximum atomic E-state index is 13.1. The van der Waals surface area contributed by atoms with Crippen molar-refractivity contribution >= 4 is 76.2 Å². The average molecular weight is 888 g/mol. The number of amides is 1. The highest BCUT2D eigenvalue weighted by Gasteiger charge is 2.35. The molecule has 58 heavy (non-hydrogen) atoms. The molecule has 6 aromatic rings. The van der Waals surface area contributed by atoms with Gasteiger partial charge in [-0.25, -0.2) is 14.2 Å². The molecule has 2 saturated heterocycles. The van der Waals surface area contributed by atoms with Crippen LogP contribution in [0.15, 0.2) is 82.4 Å². The summed E-state index contributed by atoms with van der Waals surface area (Å²) in [7, 11) is 0. The summed E-state index contributed by atoms with van der Waals surface area (Å²) in [4.78, 5) is 42.7. The fourth-order valence-electron chi connectivity index (χ4n) is 6.96. The molecule has 0 radical (unpaired) electrons. The van der Waals surface area contributed by atoms with Gasteiger partial charge in [0, 0.05) is 27.7 Å². The largest absolute Gasteiger partial charge is 0.472 e. The molecule has 0 bridgehead atoms. The van der Waals surface area contributed by atoms with Crippen LogP contribution in [0.5, 0.6) is 0 Å². The van der Waals surface area contributed by atoms with Gasteiger partial charge in [-0.3, -0.25) is 14.5 Å². The minimum absolute atomic E-state index is 0. The molecule has 1 amide bonds. The number of carbonyl (C=O) groups excluding carboxylic acids is 3. The van der Waals surface area contributed by atoms with Crippen LogP contribution in [0.2, 0.25) is 8.67 Å². The molecule has 308 valence electrons. The van der Waals surface area contributed by atoms with Crippen molar-refractivity contribution in [3.63, 3.8) is 0 Å². The molecule has 0 aliphatic carbocycles. The summed E-state index contributed by atoms with van der Waals surface area (Å²) >= 11 is 15.2. The molecule has 6 aromatic heterocycles. The van der Waals surface area contributed by atoms with Gasteiger partial charge in [0.1, 0.15) is 18.1 Å². The van der Waals surface area contributed by atoms with E-state index < -0.39 is 5.60 Å². The number of aromatic nitrogens is 4. The van der Waals surface area contributed by atoms with Gasteiger partial charge in [-0.2, -0.15) is 10.2 Å². The van der Waals surface area contributed by atoms with Gasteiger partial charge in [-0.1, -0.05) is 23.2 Å². The predicted molar refractivity (Wildman–Crippen MR) is 227 cm³/mol. The summed E-state index contributed by atoms with van der Waals surface area (Å²) in [5.74, 6) is -0.414. The van der Waals surface area contributed by atoms with Crippen LogP contribution < -0.4 is 5.32 Å². The van der Waals surface area contributed by atoms with Crippen LogP contribution in [0.3, 0.4) is 0 Å². The van der Waals surface area contributed by atoms with Crippen molar-refractivity contribution in [2.45, 2.75) is 89.8 Å². The zero-order valence-corrected chi connectivity index (χ0v) is 36.3. The molecular formula is C41H45Cl3N6O6S2. The van der Waals surface area contributed by atoms with Gasteiger partial charge in [-0.15, -0.1) is 35.1 Å². The van der Waals surface area contributed by atoms with Crippen LogP contribution in [0.1, 0.15) is 112 Å². The molecule has 17 heteroatoms. The Hall–Kier alpha value is -4.18. The van der Waals surface area contributed by atoms with E-state index in [1.807, 2.05) is 51.1 Å². The lowest BCUT2D eigenvalue weighted by molar-refractivity contribution is 0.0221. The Bertz CT molecular complexity index is 2280. The SMILES string of the molecule is CC(C)(C)OC(=O)N1CCCC1c1cc(CCc2ccc(Cl)s2)n(C(=O)c2ccoc2)n1.Cl.O=C(c1ccoc1)n1nc(C2CCCN2)cc1CCc1ccc(Cl)s1. The Morgan fingerprint density at radius 1 is 0.793 bits per heavy atom. The molecule has 12 nitrogen and oxygen atoms in total. The summed E-state index contributed by atoms with van der Waals surface area (Å²) in [6.45, 7) is 7.15. The van der Waals surface area contributed by atoms with Gasteiger partial charge in [0.2, 0.25) is 0 Å². The summed E-state index contributed by atoms with van der Waals surface area (Å²) in [6, 6.07) is 15.1. The number of thiophene rings is 2. The smallest absolute Gasteiger partial charge is 0.410 e. The van der Waals surface area contributed by atoms with E-state index in [-0.39, 0.29) is 42.4 Å². The van der Waals surface area contributed by atoms with Crippen molar-refractivity contribution in [2.75, 3.05) is 13.1 Å². The number of nitrogens with one attached hydrogen (secondary N) is 1. The van der Waals surface area contributed by atoms with Gasteiger partial charge in [0.25, 0.3) is 11.8 Å². The Kier molecular flexibility index (Phi) is 14.4. The summed E-state index contributed by atoms with van der Waals surface area (Å²) < 4.78 is 20.2. The standard InChI is InChI=1S/C23H26ClN3O4S.C18H18ClN3O2S.ClH/c1-23(2,3)31-22(29)26-11-4-5-19(26)18-13-16(6-7-17-8-9-20(24)32-17)27(25-18)21(28)15-10-12-30-14-15;19-17-6-5-14(25-17)4-3-13-10-16(15-2-1-8-20-15)21-22(13)18(23)12-7-9-24-11-12;/h8-10,12-14,19H,4-7,11H2,1-3H3;5-7,9-11,15,20H,1-4,8H2;1H. The molecule has 1 N–H and O–H groups in total. The van der Waals surface area contributed by atoms with Crippen LogP contribution >= 0.6 is 58.3 Å². The number of halogens is 3. The monoisotopic (exact) mass is 886 g/mol. The van der Waals surface area contributed by atoms with E-state index in [0.29, 0.717) is 29.8 Å². The third-order valence-corrected chi connectivity index (χ3v) is 12.3. The van der Waals surface area contributed by atoms with Crippen molar-refractivity contribution in [3.8, 4) is 0 Å². The second-order valence-electron chi connectivity index (χ2n) is 15.0. The average Bonchev–Trinajstić information content (AvgIpc) is 4.02. The van der Waals surface area contributed by atoms with Crippen LogP contribution in [0.4, 0.5) is 4.79 Å². The van der Waals surface area contributed by atoms with Crippen molar-refractivity contribution in [2.24, 2.45) is 0 Å². The predicted octanol–water partition coefficient (Wildman–Crippen LogP) is 10.2. The van der Waals surface area contributed by atoms with Gasteiger partial charge < -0.3 is 18.9 Å². The first kappa shape index (κ1) is 43.4. The Morgan fingerprint density at radius 3 is 1.81 bits per heavy atom. The summed E-state index contributed by atoms with van der Waals surface area (Å²) in [5, 5.41) is 12.7. The second kappa shape index (κ2) is 19.3. The minimum atomic E-state index is -0.575. The van der Waals surface area contributed by atoms with E-state index in [1.165, 1.54) is 50.6 Å². The lowest BCUT2D eigenvalue weighted by Crippen LogP contribution is -2.36. The first-order valence-electron chi connectivity index (χ1n) is 18.9. The Labute approximate surface area is 360 Å². The van der Waals surface area contributed by atoms with Gasteiger partial charge in [-0.05, 0) is 127 Å². The first-order chi connectivity index (χ1) is 27.4. The molecule has 2 fully saturated rings.